The fraction of sp³-hybridized carbons (Fsp3) is 0.682. The molecule has 3 aliphatic rings. The average molecular weight is 384 g/mol. The number of nitrogens with zero attached hydrogens (tertiary/aromatic N) is 1. The molecule has 1 amide bonds. The second kappa shape index (κ2) is 8.19. The van der Waals surface area contributed by atoms with Crippen LogP contribution >= 0.6 is 0 Å². The van der Waals surface area contributed by atoms with Gasteiger partial charge in [-0.15, -0.1) is 0 Å². The SMILES string of the molecule is CNc1ccc(CNC(=O)[C@@H]2C[C@@H](CC3CCC4(CC3)CC4)CN2)cc1N=N. The van der Waals surface area contributed by atoms with Crippen LogP contribution in [0.2, 0.25) is 0 Å². The molecule has 4 rings (SSSR count). The zero-order chi connectivity index (χ0) is 19.6. The number of hydrogen-bond acceptors (Lipinski definition) is 5. The van der Waals surface area contributed by atoms with E-state index in [4.69, 9.17) is 5.53 Å². The number of hydrogen-bond donors (Lipinski definition) is 4. The topological polar surface area (TPSA) is 89.4 Å². The van der Waals surface area contributed by atoms with E-state index in [2.05, 4.69) is 21.1 Å². The zero-order valence-electron chi connectivity index (χ0n) is 16.9. The Morgan fingerprint density at radius 2 is 2.04 bits per heavy atom. The summed E-state index contributed by atoms with van der Waals surface area (Å²) in [5, 5.41) is 13.0. The molecular formula is C22H33N5O. The molecule has 2 saturated carbocycles. The van der Waals surface area contributed by atoms with E-state index in [9.17, 15) is 4.79 Å². The molecule has 2 aliphatic carbocycles. The van der Waals surface area contributed by atoms with E-state index >= 15 is 0 Å². The number of carbonyl (C=O) groups excluding carboxylic acids is 1. The van der Waals surface area contributed by atoms with Crippen LogP contribution in [0.4, 0.5) is 11.4 Å². The summed E-state index contributed by atoms with van der Waals surface area (Å²) in [6.45, 7) is 1.44. The van der Waals surface area contributed by atoms with E-state index in [1.54, 1.807) is 0 Å². The Hall–Kier alpha value is -1.95. The molecule has 1 aliphatic heterocycles. The molecule has 6 nitrogen and oxygen atoms in total. The number of rotatable bonds is 7. The summed E-state index contributed by atoms with van der Waals surface area (Å²) in [5.74, 6) is 1.60. The summed E-state index contributed by atoms with van der Waals surface area (Å²) >= 11 is 0. The molecule has 4 N–H and O–H groups in total. The van der Waals surface area contributed by atoms with Crippen molar-refractivity contribution in [2.45, 2.75) is 64.0 Å². The maximum Gasteiger partial charge on any atom is 0.237 e. The van der Waals surface area contributed by atoms with Gasteiger partial charge in [0.2, 0.25) is 5.91 Å². The van der Waals surface area contributed by atoms with Gasteiger partial charge in [-0.2, -0.15) is 5.11 Å². The molecule has 0 unspecified atom stereocenters. The first-order valence-electron chi connectivity index (χ1n) is 10.8. The maximum absolute atomic E-state index is 12.6. The van der Waals surface area contributed by atoms with Gasteiger partial charge in [-0.3, -0.25) is 4.79 Å². The molecule has 0 bridgehead atoms. The van der Waals surface area contributed by atoms with Crippen LogP contribution in [0.5, 0.6) is 0 Å². The molecule has 0 aromatic heterocycles. The van der Waals surface area contributed by atoms with Crippen molar-refractivity contribution in [2.24, 2.45) is 22.4 Å². The lowest BCUT2D eigenvalue weighted by molar-refractivity contribution is -0.123. The highest BCUT2D eigenvalue weighted by Gasteiger charge is 2.45. The molecule has 1 aromatic rings. The summed E-state index contributed by atoms with van der Waals surface area (Å²) in [6, 6.07) is 5.63. The molecule has 1 spiro atoms. The lowest BCUT2D eigenvalue weighted by Gasteiger charge is -2.29. The second-order valence-electron chi connectivity index (χ2n) is 9.17. The largest absolute Gasteiger partial charge is 0.386 e. The summed E-state index contributed by atoms with van der Waals surface area (Å²) in [6.07, 6.45) is 10.9. The predicted molar refractivity (Wildman–Crippen MR) is 111 cm³/mol. The van der Waals surface area contributed by atoms with Crippen LogP contribution < -0.4 is 16.0 Å². The van der Waals surface area contributed by atoms with Gasteiger partial charge in [0.15, 0.2) is 0 Å². The minimum atomic E-state index is -0.0692. The molecule has 28 heavy (non-hydrogen) atoms. The first-order chi connectivity index (χ1) is 13.6. The van der Waals surface area contributed by atoms with Gasteiger partial charge in [0.1, 0.15) is 5.69 Å². The van der Waals surface area contributed by atoms with Crippen LogP contribution in [0, 0.1) is 22.8 Å². The fourth-order valence-corrected chi connectivity index (χ4v) is 5.17. The van der Waals surface area contributed by atoms with Gasteiger partial charge in [0.25, 0.3) is 0 Å². The van der Waals surface area contributed by atoms with E-state index in [0.717, 1.165) is 35.5 Å². The Labute approximate surface area is 167 Å². The zero-order valence-corrected chi connectivity index (χ0v) is 16.9. The second-order valence-corrected chi connectivity index (χ2v) is 9.17. The van der Waals surface area contributed by atoms with Crippen molar-refractivity contribution in [3.05, 3.63) is 23.8 Å². The Kier molecular flexibility index (Phi) is 5.67. The van der Waals surface area contributed by atoms with E-state index in [-0.39, 0.29) is 11.9 Å². The quantitative estimate of drug-likeness (QED) is 0.528. The average Bonchev–Trinajstić information content (AvgIpc) is 3.32. The minimum absolute atomic E-state index is 0.0692. The van der Waals surface area contributed by atoms with Crippen molar-refractivity contribution in [1.82, 2.24) is 10.6 Å². The van der Waals surface area contributed by atoms with Gasteiger partial charge in [0, 0.05) is 13.6 Å². The first-order valence-corrected chi connectivity index (χ1v) is 10.8. The fourth-order valence-electron chi connectivity index (χ4n) is 5.17. The summed E-state index contributed by atoms with van der Waals surface area (Å²) < 4.78 is 0. The molecule has 2 atom stereocenters. The molecule has 1 heterocycles. The van der Waals surface area contributed by atoms with Crippen molar-refractivity contribution in [2.75, 3.05) is 18.9 Å². The monoisotopic (exact) mass is 383 g/mol. The number of amides is 1. The van der Waals surface area contributed by atoms with Gasteiger partial charge < -0.3 is 16.0 Å². The van der Waals surface area contributed by atoms with Crippen LogP contribution in [0.15, 0.2) is 23.3 Å². The van der Waals surface area contributed by atoms with Crippen LogP contribution in [0.3, 0.4) is 0 Å². The standard InChI is InChI=1S/C22H33N5O/c1-24-18-3-2-16(11-19(18)27-23)13-26-21(28)20-12-17(14-25-20)10-15-4-6-22(7-5-15)8-9-22/h2-3,11,15,17,20,23-25H,4-10,12-14H2,1H3,(H,26,28)/t17-,20+/m1/s1. The van der Waals surface area contributed by atoms with Crippen LogP contribution in [-0.4, -0.2) is 25.5 Å². The lowest BCUT2D eigenvalue weighted by atomic mass is 9.76. The van der Waals surface area contributed by atoms with Gasteiger partial charge in [-0.25, -0.2) is 5.53 Å². The summed E-state index contributed by atoms with van der Waals surface area (Å²) in [7, 11) is 1.81. The van der Waals surface area contributed by atoms with Crippen LogP contribution in [0.1, 0.15) is 56.9 Å². The van der Waals surface area contributed by atoms with Gasteiger partial charge in [-0.05, 0) is 92.9 Å². The Balaban J connectivity index is 1.22. The molecule has 1 saturated heterocycles. The Morgan fingerprint density at radius 3 is 2.71 bits per heavy atom. The summed E-state index contributed by atoms with van der Waals surface area (Å²) in [4.78, 5) is 12.6. The van der Waals surface area contributed by atoms with Crippen molar-refractivity contribution in [1.29, 1.82) is 5.53 Å². The van der Waals surface area contributed by atoms with Crippen LogP contribution in [-0.2, 0) is 11.3 Å². The molecule has 152 valence electrons. The smallest absolute Gasteiger partial charge is 0.237 e. The van der Waals surface area contributed by atoms with Gasteiger partial charge >= 0.3 is 0 Å². The third-order valence-corrected chi connectivity index (χ3v) is 7.25. The molecule has 0 radical (unpaired) electrons. The molecular weight excluding hydrogens is 350 g/mol. The molecule has 3 fully saturated rings. The van der Waals surface area contributed by atoms with Gasteiger partial charge in [0.05, 0.1) is 11.7 Å². The number of anilines is 1. The van der Waals surface area contributed by atoms with Crippen molar-refractivity contribution in [3.63, 3.8) is 0 Å². The number of carbonyl (C=O) groups is 1. The summed E-state index contributed by atoms with van der Waals surface area (Å²) in [5.41, 5.74) is 10.4. The molecule has 1 aromatic carbocycles. The van der Waals surface area contributed by atoms with E-state index in [1.165, 1.54) is 44.9 Å². The Morgan fingerprint density at radius 1 is 1.25 bits per heavy atom. The lowest BCUT2D eigenvalue weighted by Crippen LogP contribution is -2.39. The number of benzene rings is 1. The van der Waals surface area contributed by atoms with Crippen molar-refractivity contribution < 1.29 is 4.79 Å². The highest BCUT2D eigenvalue weighted by molar-refractivity contribution is 5.82. The minimum Gasteiger partial charge on any atom is -0.386 e. The normalized spacial score (nSPS) is 26.2. The highest BCUT2D eigenvalue weighted by Crippen LogP contribution is 2.57. The van der Waals surface area contributed by atoms with Crippen molar-refractivity contribution >= 4 is 17.3 Å². The van der Waals surface area contributed by atoms with E-state index in [0.29, 0.717) is 18.2 Å². The maximum atomic E-state index is 12.6. The van der Waals surface area contributed by atoms with E-state index in [1.807, 2.05) is 25.2 Å². The van der Waals surface area contributed by atoms with Crippen LogP contribution in [0.25, 0.3) is 0 Å². The van der Waals surface area contributed by atoms with Crippen molar-refractivity contribution in [3.8, 4) is 0 Å². The third kappa shape index (κ3) is 4.37. The Bertz CT molecular complexity index is 720. The number of nitrogens with one attached hydrogen (secondary N) is 4. The highest BCUT2D eigenvalue weighted by atomic mass is 16.2. The van der Waals surface area contributed by atoms with Gasteiger partial charge in [-0.1, -0.05) is 6.07 Å². The predicted octanol–water partition coefficient (Wildman–Crippen LogP) is 4.35. The first kappa shape index (κ1) is 19.4. The third-order valence-electron chi connectivity index (χ3n) is 7.25. The van der Waals surface area contributed by atoms with E-state index < -0.39 is 0 Å². The molecule has 6 heteroatoms.